The summed E-state index contributed by atoms with van der Waals surface area (Å²) in [5.41, 5.74) is 0.997. The van der Waals surface area contributed by atoms with E-state index in [2.05, 4.69) is 19.9 Å². The Bertz CT molecular complexity index is 678. The van der Waals surface area contributed by atoms with Crippen molar-refractivity contribution in [1.82, 2.24) is 19.9 Å². The molecule has 0 saturated carbocycles. The van der Waals surface area contributed by atoms with Gasteiger partial charge < -0.3 is 0 Å². The summed E-state index contributed by atoms with van der Waals surface area (Å²) in [6, 6.07) is 1.90. The number of aromatic nitrogens is 4. The summed E-state index contributed by atoms with van der Waals surface area (Å²) < 4.78 is 0. The maximum absolute atomic E-state index is 6.08. The Hall–Kier alpha value is -1.59. The van der Waals surface area contributed by atoms with Crippen molar-refractivity contribution in [2.24, 2.45) is 0 Å². The number of rotatable bonds is 1. The van der Waals surface area contributed by atoms with Crippen molar-refractivity contribution in [1.29, 1.82) is 0 Å². The average molecular weight is 263 g/mol. The van der Waals surface area contributed by atoms with Crippen LogP contribution in [0.2, 0.25) is 5.15 Å². The predicted octanol–water partition coefficient (Wildman–Crippen LogP) is 3.11. The van der Waals surface area contributed by atoms with Crippen molar-refractivity contribution in [2.75, 3.05) is 0 Å². The van der Waals surface area contributed by atoms with E-state index in [1.807, 2.05) is 18.4 Å². The highest BCUT2D eigenvalue weighted by Crippen LogP contribution is 2.26. The number of hydrogen-bond acceptors (Lipinski definition) is 5. The lowest BCUT2D eigenvalue weighted by atomic mass is 10.4. The largest absolute Gasteiger partial charge is 0.234 e. The highest BCUT2D eigenvalue weighted by molar-refractivity contribution is 7.16. The van der Waals surface area contributed by atoms with E-state index in [4.69, 9.17) is 11.6 Å². The monoisotopic (exact) mass is 262 g/mol. The molecular weight excluding hydrogens is 256 g/mol. The topological polar surface area (TPSA) is 51.6 Å². The van der Waals surface area contributed by atoms with Crippen LogP contribution in [0.5, 0.6) is 0 Å². The smallest absolute Gasteiger partial charge is 0.200 e. The molecule has 0 aromatic carbocycles. The fourth-order valence-corrected chi connectivity index (χ4v) is 2.48. The third kappa shape index (κ3) is 1.87. The second kappa shape index (κ2) is 4.01. The minimum absolute atomic E-state index is 0.440. The van der Waals surface area contributed by atoms with Gasteiger partial charge >= 0.3 is 0 Å². The zero-order valence-electron chi connectivity index (χ0n) is 8.88. The van der Waals surface area contributed by atoms with Gasteiger partial charge in [-0.1, -0.05) is 11.6 Å². The first-order chi connectivity index (χ1) is 8.24. The molecule has 0 aliphatic heterocycles. The number of nitrogens with zero attached hydrogens (tertiary/aromatic N) is 4. The molecule has 84 valence electrons. The van der Waals surface area contributed by atoms with Gasteiger partial charge in [-0.2, -0.15) is 0 Å². The number of hydrogen-bond donors (Lipinski definition) is 0. The van der Waals surface area contributed by atoms with Crippen LogP contribution in [0, 0.1) is 6.92 Å². The number of aryl methyl sites for hydroxylation is 1. The van der Waals surface area contributed by atoms with Gasteiger partial charge in [0.2, 0.25) is 5.82 Å². The molecule has 3 aromatic heterocycles. The lowest BCUT2D eigenvalue weighted by molar-refractivity contribution is 1.08. The van der Waals surface area contributed by atoms with Crippen LogP contribution < -0.4 is 0 Å². The predicted molar refractivity (Wildman–Crippen MR) is 68.2 cm³/mol. The Balaban J connectivity index is 2.20. The van der Waals surface area contributed by atoms with Crippen molar-refractivity contribution in [3.8, 4) is 11.6 Å². The molecule has 6 heteroatoms. The quantitative estimate of drug-likeness (QED) is 0.633. The van der Waals surface area contributed by atoms with Crippen LogP contribution in [0.1, 0.15) is 5.56 Å². The second-order valence-electron chi connectivity index (χ2n) is 3.56. The summed E-state index contributed by atoms with van der Waals surface area (Å²) in [5.74, 6) is 0.956. The van der Waals surface area contributed by atoms with Gasteiger partial charge in [0.15, 0.2) is 5.82 Å². The van der Waals surface area contributed by atoms with Gasteiger partial charge in [0.25, 0.3) is 0 Å². The van der Waals surface area contributed by atoms with Crippen molar-refractivity contribution in [3.63, 3.8) is 0 Å². The van der Waals surface area contributed by atoms with Gasteiger partial charge in [0.1, 0.15) is 9.98 Å². The Labute approximate surface area is 106 Å². The molecule has 3 rings (SSSR count). The van der Waals surface area contributed by atoms with Crippen LogP contribution in [0.4, 0.5) is 0 Å². The Morgan fingerprint density at radius 1 is 1.12 bits per heavy atom. The van der Waals surface area contributed by atoms with E-state index in [9.17, 15) is 0 Å². The molecule has 0 atom stereocenters. The molecule has 0 radical (unpaired) electrons. The standard InChI is InChI=1S/C11H7ClN4S/c1-6-4-13-9(14-5-6)10-15-8(12)7-2-3-17-11(7)16-10/h2-5H,1H3. The lowest BCUT2D eigenvalue weighted by Crippen LogP contribution is -1.95. The zero-order valence-corrected chi connectivity index (χ0v) is 10.5. The van der Waals surface area contributed by atoms with E-state index in [-0.39, 0.29) is 0 Å². The minimum atomic E-state index is 0.440. The molecule has 3 aromatic rings. The van der Waals surface area contributed by atoms with Crippen LogP contribution in [-0.4, -0.2) is 19.9 Å². The third-order valence-corrected chi connectivity index (χ3v) is 3.35. The van der Waals surface area contributed by atoms with Gasteiger partial charge in [0, 0.05) is 17.8 Å². The SMILES string of the molecule is Cc1cnc(-c2nc(Cl)c3ccsc3n2)nc1. The first-order valence-corrected chi connectivity index (χ1v) is 6.19. The first-order valence-electron chi connectivity index (χ1n) is 4.94. The maximum atomic E-state index is 6.08. The Kier molecular flexibility index (Phi) is 2.49. The highest BCUT2D eigenvalue weighted by Gasteiger charge is 2.10. The van der Waals surface area contributed by atoms with Gasteiger partial charge in [0.05, 0.1) is 0 Å². The number of halogens is 1. The van der Waals surface area contributed by atoms with Crippen LogP contribution >= 0.6 is 22.9 Å². The number of thiophene rings is 1. The van der Waals surface area contributed by atoms with E-state index in [0.29, 0.717) is 16.8 Å². The molecule has 0 N–H and O–H groups in total. The fourth-order valence-electron chi connectivity index (χ4n) is 1.43. The van der Waals surface area contributed by atoms with E-state index in [0.717, 1.165) is 15.8 Å². The lowest BCUT2D eigenvalue weighted by Gasteiger charge is -2.00. The van der Waals surface area contributed by atoms with E-state index in [1.165, 1.54) is 11.3 Å². The van der Waals surface area contributed by atoms with Crippen LogP contribution in [0.15, 0.2) is 23.8 Å². The van der Waals surface area contributed by atoms with Gasteiger partial charge in [-0.05, 0) is 23.9 Å². The number of fused-ring (bicyclic) bond motifs is 1. The highest BCUT2D eigenvalue weighted by atomic mass is 35.5. The second-order valence-corrected chi connectivity index (χ2v) is 4.81. The molecule has 0 fully saturated rings. The van der Waals surface area contributed by atoms with Crippen LogP contribution in [0.25, 0.3) is 21.9 Å². The molecule has 3 heterocycles. The van der Waals surface area contributed by atoms with Crippen molar-refractivity contribution in [3.05, 3.63) is 34.6 Å². The van der Waals surface area contributed by atoms with Gasteiger partial charge in [-0.3, -0.25) is 0 Å². The molecule has 0 spiro atoms. The van der Waals surface area contributed by atoms with Crippen molar-refractivity contribution < 1.29 is 0 Å². The van der Waals surface area contributed by atoms with E-state index in [1.54, 1.807) is 12.4 Å². The molecular formula is C11H7ClN4S. The summed E-state index contributed by atoms with van der Waals surface area (Å²) in [7, 11) is 0. The molecule has 4 nitrogen and oxygen atoms in total. The summed E-state index contributed by atoms with van der Waals surface area (Å²) in [5, 5.41) is 3.24. The molecule has 0 unspecified atom stereocenters. The maximum Gasteiger partial charge on any atom is 0.200 e. The summed E-state index contributed by atoms with van der Waals surface area (Å²) in [6.45, 7) is 1.93. The normalized spacial score (nSPS) is 10.9. The van der Waals surface area contributed by atoms with Crippen molar-refractivity contribution >= 4 is 33.2 Å². The summed E-state index contributed by atoms with van der Waals surface area (Å²) in [6.07, 6.45) is 3.47. The van der Waals surface area contributed by atoms with Gasteiger partial charge in [-0.15, -0.1) is 11.3 Å². The van der Waals surface area contributed by atoms with Gasteiger partial charge in [-0.25, -0.2) is 19.9 Å². The van der Waals surface area contributed by atoms with Crippen molar-refractivity contribution in [2.45, 2.75) is 6.92 Å². The van der Waals surface area contributed by atoms with E-state index >= 15 is 0 Å². The molecule has 0 amide bonds. The summed E-state index contributed by atoms with van der Waals surface area (Å²) in [4.78, 5) is 17.8. The van der Waals surface area contributed by atoms with E-state index < -0.39 is 0 Å². The Morgan fingerprint density at radius 3 is 2.65 bits per heavy atom. The molecule has 0 aliphatic carbocycles. The Morgan fingerprint density at radius 2 is 1.88 bits per heavy atom. The molecule has 0 aliphatic rings. The minimum Gasteiger partial charge on any atom is -0.234 e. The fraction of sp³-hybridized carbons (Fsp3) is 0.0909. The first kappa shape index (κ1) is 10.6. The average Bonchev–Trinajstić information content (AvgIpc) is 2.78. The molecule has 17 heavy (non-hydrogen) atoms. The van der Waals surface area contributed by atoms with Crippen LogP contribution in [0.3, 0.4) is 0 Å². The van der Waals surface area contributed by atoms with Crippen LogP contribution in [-0.2, 0) is 0 Å². The molecule has 0 bridgehead atoms. The zero-order chi connectivity index (χ0) is 11.8. The third-order valence-electron chi connectivity index (χ3n) is 2.26. The molecule has 0 saturated heterocycles. The summed E-state index contributed by atoms with van der Waals surface area (Å²) >= 11 is 7.61.